The topological polar surface area (TPSA) is 90.8 Å². The number of aromatic nitrogens is 6. The third-order valence-electron chi connectivity index (χ3n) is 5.24. The molecule has 2 aromatic heterocycles. The summed E-state index contributed by atoms with van der Waals surface area (Å²) < 4.78 is 97.6. The first-order valence-corrected chi connectivity index (χ1v) is 11.0. The maximum Gasteiger partial charge on any atom is 0.416 e. The lowest BCUT2D eigenvalue weighted by Gasteiger charge is -2.15. The Bertz CT molecular complexity index is 1500. The van der Waals surface area contributed by atoms with Gasteiger partial charge in [0.25, 0.3) is 0 Å². The molecular weight excluding hydrogens is 549 g/mol. The van der Waals surface area contributed by atoms with Crippen molar-refractivity contribution >= 4 is 11.6 Å². The summed E-state index contributed by atoms with van der Waals surface area (Å²) in [7, 11) is 0. The number of para-hydroxylation sites is 1. The molecule has 202 valence electrons. The van der Waals surface area contributed by atoms with Gasteiger partial charge in [-0.2, -0.15) is 22.0 Å². The predicted molar refractivity (Wildman–Crippen MR) is 119 cm³/mol. The maximum absolute atomic E-state index is 14.3. The summed E-state index contributed by atoms with van der Waals surface area (Å²) in [5.74, 6) is -8.20. The van der Waals surface area contributed by atoms with Crippen molar-refractivity contribution in [1.82, 2.24) is 29.1 Å². The number of alkyl halides is 5. The molecule has 8 nitrogen and oxygen atoms in total. The highest BCUT2D eigenvalue weighted by Gasteiger charge is 2.39. The second-order valence-corrected chi connectivity index (χ2v) is 8.60. The quantitative estimate of drug-likeness (QED) is 0.338. The van der Waals surface area contributed by atoms with Crippen molar-refractivity contribution in [2.75, 3.05) is 0 Å². The SMILES string of the molecule is CC(F)(F)c1nc(Cn2nc(-c3ccc(Cl)cc3)n(C[C@H](O)C(F)(F)F)c2=O)nn1-c1c(F)cccc1F. The monoisotopic (exact) mass is 564 g/mol. The number of aliphatic hydroxyl groups excluding tert-OH is 1. The summed E-state index contributed by atoms with van der Waals surface area (Å²) in [5.41, 5.74) is -1.97. The van der Waals surface area contributed by atoms with Gasteiger partial charge < -0.3 is 5.11 Å². The molecule has 0 radical (unpaired) electrons. The third kappa shape index (κ3) is 5.43. The largest absolute Gasteiger partial charge is 0.416 e. The van der Waals surface area contributed by atoms with Crippen LogP contribution in [-0.4, -0.2) is 46.5 Å². The fraction of sp³-hybridized carbons (Fsp3) is 0.273. The van der Waals surface area contributed by atoms with Crippen molar-refractivity contribution in [2.24, 2.45) is 0 Å². The van der Waals surface area contributed by atoms with Crippen molar-refractivity contribution < 1.29 is 35.8 Å². The lowest BCUT2D eigenvalue weighted by Crippen LogP contribution is -2.37. The molecule has 38 heavy (non-hydrogen) atoms. The van der Waals surface area contributed by atoms with Crippen LogP contribution < -0.4 is 5.69 Å². The van der Waals surface area contributed by atoms with Crippen molar-refractivity contribution in [3.63, 3.8) is 0 Å². The zero-order valence-electron chi connectivity index (χ0n) is 19.1. The highest BCUT2D eigenvalue weighted by Crippen LogP contribution is 2.30. The third-order valence-corrected chi connectivity index (χ3v) is 5.49. The van der Waals surface area contributed by atoms with Gasteiger partial charge in [0.2, 0.25) is 5.82 Å². The molecule has 0 bridgehead atoms. The Morgan fingerprint density at radius 1 is 1.00 bits per heavy atom. The summed E-state index contributed by atoms with van der Waals surface area (Å²) in [6.07, 6.45) is -8.00. The average molecular weight is 565 g/mol. The number of benzene rings is 2. The summed E-state index contributed by atoms with van der Waals surface area (Å²) >= 11 is 5.84. The Hall–Kier alpha value is -3.72. The van der Waals surface area contributed by atoms with Crippen LogP contribution in [0.5, 0.6) is 0 Å². The molecule has 0 aliphatic heterocycles. The molecule has 0 saturated carbocycles. The van der Waals surface area contributed by atoms with Crippen molar-refractivity contribution in [3.8, 4) is 17.1 Å². The van der Waals surface area contributed by atoms with E-state index in [1.54, 1.807) is 0 Å². The van der Waals surface area contributed by atoms with Gasteiger partial charge in [0.05, 0.1) is 6.54 Å². The maximum atomic E-state index is 14.3. The van der Waals surface area contributed by atoms with E-state index in [9.17, 15) is 40.6 Å². The fourth-order valence-corrected chi connectivity index (χ4v) is 3.61. The number of nitrogens with zero attached hydrogens (tertiary/aromatic N) is 6. The number of hydrogen-bond donors (Lipinski definition) is 1. The molecule has 0 unspecified atom stereocenters. The molecule has 0 spiro atoms. The lowest BCUT2D eigenvalue weighted by molar-refractivity contribution is -0.207. The number of halogens is 8. The molecule has 0 fully saturated rings. The van der Waals surface area contributed by atoms with Crippen molar-refractivity contribution in [1.29, 1.82) is 0 Å². The van der Waals surface area contributed by atoms with Gasteiger partial charge in [0, 0.05) is 17.5 Å². The van der Waals surface area contributed by atoms with Crippen LogP contribution in [0.25, 0.3) is 17.1 Å². The lowest BCUT2D eigenvalue weighted by atomic mass is 10.2. The van der Waals surface area contributed by atoms with Crippen molar-refractivity contribution in [3.05, 3.63) is 81.3 Å². The van der Waals surface area contributed by atoms with Crippen LogP contribution in [0.4, 0.5) is 30.7 Å². The Morgan fingerprint density at radius 2 is 1.61 bits per heavy atom. The minimum Gasteiger partial charge on any atom is -0.382 e. The Labute approximate surface area is 213 Å². The summed E-state index contributed by atoms with van der Waals surface area (Å²) in [6.45, 7) is -1.59. The Kier molecular flexibility index (Phi) is 7.09. The highest BCUT2D eigenvalue weighted by molar-refractivity contribution is 6.30. The van der Waals surface area contributed by atoms with E-state index in [-0.39, 0.29) is 21.1 Å². The number of rotatable bonds is 7. The molecule has 1 N–H and O–H groups in total. The van der Waals surface area contributed by atoms with E-state index in [2.05, 4.69) is 15.2 Å². The van der Waals surface area contributed by atoms with Gasteiger partial charge in [-0.3, -0.25) is 4.57 Å². The molecule has 2 aromatic carbocycles. The van der Waals surface area contributed by atoms with E-state index in [1.165, 1.54) is 24.3 Å². The van der Waals surface area contributed by atoms with E-state index < -0.39 is 66.0 Å². The Morgan fingerprint density at radius 3 is 2.16 bits per heavy atom. The predicted octanol–water partition coefficient (Wildman–Crippen LogP) is 4.31. The molecule has 0 amide bonds. The van der Waals surface area contributed by atoms with Crippen LogP contribution in [-0.2, 0) is 19.0 Å². The summed E-state index contributed by atoms with van der Waals surface area (Å²) in [5, 5.41) is 17.5. The van der Waals surface area contributed by atoms with E-state index in [0.29, 0.717) is 16.2 Å². The smallest absolute Gasteiger partial charge is 0.382 e. The molecule has 4 aromatic rings. The first-order valence-electron chi connectivity index (χ1n) is 10.6. The van der Waals surface area contributed by atoms with Crippen LogP contribution in [0.15, 0.2) is 47.3 Å². The molecule has 1 atom stereocenters. The molecule has 0 aliphatic carbocycles. The van der Waals surface area contributed by atoms with Gasteiger partial charge in [-0.1, -0.05) is 17.7 Å². The second-order valence-electron chi connectivity index (χ2n) is 8.16. The Balaban J connectivity index is 1.82. The number of hydrogen-bond acceptors (Lipinski definition) is 5. The van der Waals surface area contributed by atoms with Crippen LogP contribution in [0.2, 0.25) is 5.02 Å². The molecule has 0 aliphatic rings. The van der Waals surface area contributed by atoms with Crippen LogP contribution in [0, 0.1) is 11.6 Å². The molecule has 16 heteroatoms. The first kappa shape index (κ1) is 27.3. The zero-order chi connectivity index (χ0) is 28.0. The molecular formula is C22H16ClF7N6O2. The minimum absolute atomic E-state index is 0.146. The van der Waals surface area contributed by atoms with Gasteiger partial charge in [0.1, 0.15) is 12.2 Å². The van der Waals surface area contributed by atoms with E-state index in [1.807, 2.05) is 0 Å². The molecule has 2 heterocycles. The minimum atomic E-state index is -5.06. The van der Waals surface area contributed by atoms with Crippen LogP contribution in [0.1, 0.15) is 18.6 Å². The van der Waals surface area contributed by atoms with E-state index in [0.717, 1.165) is 18.2 Å². The van der Waals surface area contributed by atoms with Gasteiger partial charge in [-0.15, -0.1) is 10.2 Å². The van der Waals surface area contributed by atoms with Crippen LogP contribution >= 0.6 is 11.6 Å². The summed E-state index contributed by atoms with van der Waals surface area (Å²) in [4.78, 5) is 16.6. The normalized spacial score (nSPS) is 13.2. The van der Waals surface area contributed by atoms with E-state index in [4.69, 9.17) is 11.6 Å². The highest BCUT2D eigenvalue weighted by atomic mass is 35.5. The fourth-order valence-electron chi connectivity index (χ4n) is 3.48. The molecule has 4 rings (SSSR count). The second kappa shape index (κ2) is 9.87. The first-order chi connectivity index (χ1) is 17.7. The van der Waals surface area contributed by atoms with Gasteiger partial charge >= 0.3 is 17.8 Å². The standard InChI is InChI=1S/C22H16ClF7N6O2/c1-21(26,27)19-31-16(32-36(19)17-13(24)3-2-4-14(17)25)10-35-20(38)34(9-15(37)22(28,29)30)18(33-35)11-5-7-12(23)8-6-11/h2-8,15,37H,9-10H2,1H3/t15-/m0/s1. The molecule has 0 saturated heterocycles. The zero-order valence-corrected chi connectivity index (χ0v) is 19.9. The summed E-state index contributed by atoms with van der Waals surface area (Å²) in [6, 6.07) is 8.11. The average Bonchev–Trinajstić information content (AvgIpc) is 3.36. The van der Waals surface area contributed by atoms with Gasteiger partial charge in [-0.05, 0) is 36.4 Å². The van der Waals surface area contributed by atoms with Gasteiger partial charge in [0.15, 0.2) is 29.4 Å². The van der Waals surface area contributed by atoms with Crippen LogP contribution in [0.3, 0.4) is 0 Å². The van der Waals surface area contributed by atoms with E-state index >= 15 is 0 Å². The van der Waals surface area contributed by atoms with Crippen molar-refractivity contribution in [2.45, 2.75) is 38.2 Å². The number of aliphatic hydroxyl groups is 1. The van der Waals surface area contributed by atoms with Gasteiger partial charge in [-0.25, -0.2) is 27.9 Å².